The fraction of sp³-hybridized carbons (Fsp3) is 0.267. The average Bonchev–Trinajstić information content (AvgIpc) is 3.52. The van der Waals surface area contributed by atoms with Gasteiger partial charge in [-0.1, -0.05) is 36.2 Å². The number of amides is 2. The molecule has 0 spiro atoms. The van der Waals surface area contributed by atoms with E-state index in [0.717, 1.165) is 36.4 Å². The van der Waals surface area contributed by atoms with E-state index in [1.165, 1.54) is 0 Å². The number of benzene rings is 2. The Kier molecular flexibility index (Phi) is 8.96. The molecule has 218 valence electrons. The van der Waals surface area contributed by atoms with Crippen molar-refractivity contribution in [3.8, 4) is 0 Å². The maximum absolute atomic E-state index is 12.6. The summed E-state index contributed by atoms with van der Waals surface area (Å²) in [7, 11) is 0. The summed E-state index contributed by atoms with van der Waals surface area (Å²) in [6, 6.07) is 13.6. The van der Waals surface area contributed by atoms with Crippen LogP contribution in [0.3, 0.4) is 0 Å². The number of carbonyl (C=O) groups is 1. The van der Waals surface area contributed by atoms with Crippen LogP contribution in [0, 0.1) is 24.2 Å². The number of nitrogens with one attached hydrogen (secondary N) is 4. The van der Waals surface area contributed by atoms with Gasteiger partial charge in [-0.25, -0.2) is 9.78 Å². The number of hydrogen-bond acceptors (Lipinski definition) is 7. The minimum absolute atomic E-state index is 0.0316. The van der Waals surface area contributed by atoms with Crippen LogP contribution in [0.4, 0.5) is 22.2 Å². The normalized spacial score (nSPS) is 17.1. The predicted octanol–water partition coefficient (Wildman–Crippen LogP) is 6.46. The molecule has 2 amide bonds. The third-order valence-corrected chi connectivity index (χ3v) is 7.55. The molecule has 6 N–H and O–H groups in total. The number of likely N-dealkylation sites (tertiary alicyclic amines) is 1. The molecule has 0 aliphatic carbocycles. The Labute approximate surface area is 253 Å². The van der Waals surface area contributed by atoms with E-state index in [1.54, 1.807) is 24.3 Å². The van der Waals surface area contributed by atoms with E-state index < -0.39 is 6.03 Å². The fourth-order valence-electron chi connectivity index (χ4n) is 5.05. The zero-order valence-electron chi connectivity index (χ0n) is 23.2. The van der Waals surface area contributed by atoms with Gasteiger partial charge < -0.3 is 25.7 Å². The van der Waals surface area contributed by atoms with Crippen LogP contribution in [0.1, 0.15) is 23.9 Å². The van der Waals surface area contributed by atoms with Crippen molar-refractivity contribution in [2.75, 3.05) is 42.1 Å². The summed E-state index contributed by atoms with van der Waals surface area (Å²) in [5.74, 6) is 2.22. The van der Waals surface area contributed by atoms with Crippen molar-refractivity contribution in [3.63, 3.8) is 0 Å². The first-order chi connectivity index (χ1) is 20.1. The lowest BCUT2D eigenvalue weighted by atomic mass is 9.95. The second kappa shape index (κ2) is 12.8. The molecule has 10 nitrogen and oxygen atoms in total. The number of nitrogen functional groups attached to an aromatic ring is 1. The topological polar surface area (TPSA) is 145 Å². The van der Waals surface area contributed by atoms with Crippen molar-refractivity contribution in [1.82, 2.24) is 14.9 Å². The van der Waals surface area contributed by atoms with Gasteiger partial charge in [0.2, 0.25) is 5.95 Å². The largest absolute Gasteiger partial charge is 0.457 e. The first-order valence-electron chi connectivity index (χ1n) is 13.6. The van der Waals surface area contributed by atoms with Crippen molar-refractivity contribution in [1.29, 1.82) is 5.41 Å². The average molecular weight is 608 g/mol. The number of nitrogens with zero attached hydrogens (tertiary/aromatic N) is 3. The highest BCUT2D eigenvalue weighted by atomic mass is 35.5. The van der Waals surface area contributed by atoms with E-state index in [1.807, 2.05) is 37.3 Å². The summed E-state index contributed by atoms with van der Waals surface area (Å²) >= 11 is 12.0. The van der Waals surface area contributed by atoms with Crippen molar-refractivity contribution in [2.24, 2.45) is 17.6 Å². The third kappa shape index (κ3) is 7.39. The van der Waals surface area contributed by atoms with E-state index in [9.17, 15) is 4.79 Å². The van der Waals surface area contributed by atoms with Gasteiger partial charge in [0.1, 0.15) is 23.0 Å². The molecular formula is C30H32Cl2N8O2. The summed E-state index contributed by atoms with van der Waals surface area (Å²) in [5.41, 5.74) is 8.23. The highest BCUT2D eigenvalue weighted by molar-refractivity contribution is 6.35. The number of furan rings is 1. The zero-order chi connectivity index (χ0) is 29.8. The molecule has 2 aromatic heterocycles. The first kappa shape index (κ1) is 29.4. The molecule has 5 rings (SSSR count). The second-order valence-electron chi connectivity index (χ2n) is 10.3. The molecule has 3 heterocycles. The number of aryl methyl sites for hydroxylation is 1. The summed E-state index contributed by atoms with van der Waals surface area (Å²) < 4.78 is 5.99. The van der Waals surface area contributed by atoms with Crippen molar-refractivity contribution in [2.45, 2.75) is 13.8 Å². The molecule has 1 fully saturated rings. The smallest absolute Gasteiger partial charge is 0.326 e. The molecule has 2 unspecified atom stereocenters. The van der Waals surface area contributed by atoms with Gasteiger partial charge in [0.15, 0.2) is 0 Å². The molecular weight excluding hydrogens is 575 g/mol. The lowest BCUT2D eigenvalue weighted by Gasteiger charge is -2.17. The van der Waals surface area contributed by atoms with Crippen molar-refractivity contribution in [3.05, 3.63) is 81.7 Å². The summed E-state index contributed by atoms with van der Waals surface area (Å²) in [6.07, 6.45) is 4.23. The number of carbonyl (C=O) groups excluding carboxylic acids is 1. The van der Waals surface area contributed by atoms with E-state index in [0.29, 0.717) is 51.2 Å². The van der Waals surface area contributed by atoms with Crippen LogP contribution in [-0.4, -0.2) is 52.9 Å². The number of aromatic nitrogens is 2. The molecule has 0 saturated carbocycles. The predicted molar refractivity (Wildman–Crippen MR) is 170 cm³/mol. The van der Waals surface area contributed by atoms with Crippen LogP contribution in [0.25, 0.3) is 17.0 Å². The Morgan fingerprint density at radius 1 is 1.12 bits per heavy atom. The molecule has 12 heteroatoms. The van der Waals surface area contributed by atoms with Crippen LogP contribution in [0.5, 0.6) is 0 Å². The molecule has 0 radical (unpaired) electrons. The first-order valence-corrected chi connectivity index (χ1v) is 14.3. The van der Waals surface area contributed by atoms with E-state index in [2.05, 4.69) is 43.8 Å². The molecule has 2 aromatic carbocycles. The molecule has 0 bridgehead atoms. The molecule has 1 saturated heterocycles. The minimum Gasteiger partial charge on any atom is -0.457 e. The Morgan fingerprint density at radius 2 is 1.90 bits per heavy atom. The second-order valence-corrected chi connectivity index (χ2v) is 11.2. The van der Waals surface area contributed by atoms with Crippen LogP contribution in [-0.2, 0) is 0 Å². The molecule has 2 atom stereocenters. The fourth-order valence-corrected chi connectivity index (χ4v) is 5.58. The Balaban J connectivity index is 1.23. The number of rotatable bonds is 9. The zero-order valence-corrected chi connectivity index (χ0v) is 24.8. The monoisotopic (exact) mass is 606 g/mol. The van der Waals surface area contributed by atoms with Crippen LogP contribution in [0.2, 0.25) is 10.0 Å². The highest BCUT2D eigenvalue weighted by Crippen LogP contribution is 2.28. The maximum Gasteiger partial charge on any atom is 0.326 e. The molecule has 4 aromatic rings. The lowest BCUT2D eigenvalue weighted by molar-refractivity contribution is 0.262. The third-order valence-electron chi connectivity index (χ3n) is 7.11. The van der Waals surface area contributed by atoms with Gasteiger partial charge in [0.05, 0.1) is 0 Å². The van der Waals surface area contributed by atoms with E-state index >= 15 is 0 Å². The lowest BCUT2D eigenvalue weighted by Crippen LogP contribution is -2.24. The Bertz CT molecular complexity index is 1630. The minimum atomic E-state index is -0.507. The van der Waals surface area contributed by atoms with Crippen molar-refractivity contribution < 1.29 is 9.21 Å². The molecule has 1 aliphatic rings. The van der Waals surface area contributed by atoms with Gasteiger partial charge in [0.25, 0.3) is 0 Å². The maximum atomic E-state index is 12.6. The highest BCUT2D eigenvalue weighted by Gasteiger charge is 2.30. The number of anilines is 3. The van der Waals surface area contributed by atoms with Gasteiger partial charge >= 0.3 is 6.03 Å². The number of hydrogen-bond donors (Lipinski definition) is 5. The number of nitrogens with two attached hydrogens (primary N) is 1. The number of urea groups is 1. The van der Waals surface area contributed by atoms with Crippen LogP contribution in [0.15, 0.2) is 59.0 Å². The van der Waals surface area contributed by atoms with E-state index in [-0.39, 0.29) is 11.8 Å². The SMILES string of the molecule is CCN1CC(C=Cc2cc3cc(C(=N)N)ccc3o2)C(CNc2cc(C)nc(NC(=O)Nc3cc(Cl)cc(Cl)c3)n2)C1. The quantitative estimate of drug-likeness (QED) is 0.108. The van der Waals surface area contributed by atoms with Gasteiger partial charge in [-0.05, 0) is 73.8 Å². The summed E-state index contributed by atoms with van der Waals surface area (Å²) in [5, 5.41) is 18.2. The number of halogens is 2. The van der Waals surface area contributed by atoms with Crippen LogP contribution < -0.4 is 21.7 Å². The molecule has 42 heavy (non-hydrogen) atoms. The van der Waals surface area contributed by atoms with Crippen molar-refractivity contribution >= 4 is 69.6 Å². The van der Waals surface area contributed by atoms with Gasteiger partial charge in [-0.2, -0.15) is 4.98 Å². The number of fused-ring (bicyclic) bond motifs is 1. The van der Waals surface area contributed by atoms with Gasteiger partial charge in [-0.3, -0.25) is 10.7 Å². The summed E-state index contributed by atoms with van der Waals surface area (Å²) in [6.45, 7) is 7.55. The summed E-state index contributed by atoms with van der Waals surface area (Å²) in [4.78, 5) is 23.8. The van der Waals surface area contributed by atoms with Crippen LogP contribution >= 0.6 is 23.2 Å². The Morgan fingerprint density at radius 3 is 2.64 bits per heavy atom. The number of amidine groups is 1. The van der Waals surface area contributed by atoms with Gasteiger partial charge in [-0.15, -0.1) is 0 Å². The Hall–Kier alpha value is -4.12. The van der Waals surface area contributed by atoms with Gasteiger partial charge in [0, 0.05) is 58.1 Å². The standard InChI is InChI=1S/C30H32Cl2N8O2/c1-3-40-15-19(4-6-25-10-20-9-18(28(33)34)5-7-26(20)42-25)21(16-40)14-35-27-8-17(2)36-29(38-27)39-30(41)37-24-12-22(31)11-23(32)13-24/h4-13,19,21H,3,14-16H2,1-2H3,(H3,33,34)(H3,35,36,37,38,39,41). The van der Waals surface area contributed by atoms with E-state index in [4.69, 9.17) is 38.8 Å². The molecule has 1 aliphatic heterocycles.